The average molecular weight is 364 g/mol. The van der Waals surface area contributed by atoms with Crippen LogP contribution in [-0.2, 0) is 22.3 Å². The van der Waals surface area contributed by atoms with Gasteiger partial charge in [0.25, 0.3) is 0 Å². The summed E-state index contributed by atoms with van der Waals surface area (Å²) in [7, 11) is -3.38. The van der Waals surface area contributed by atoms with Gasteiger partial charge in [0.1, 0.15) is 0 Å². The zero-order chi connectivity index (χ0) is 17.9. The van der Waals surface area contributed by atoms with Gasteiger partial charge < -0.3 is 5.11 Å². The van der Waals surface area contributed by atoms with Crippen LogP contribution in [-0.4, -0.2) is 51.9 Å². The van der Waals surface area contributed by atoms with Crippen LogP contribution in [0.1, 0.15) is 28.9 Å². The van der Waals surface area contributed by atoms with Gasteiger partial charge in [-0.05, 0) is 24.3 Å². The predicted molar refractivity (Wildman–Crippen MR) is 90.3 cm³/mol. The van der Waals surface area contributed by atoms with Gasteiger partial charge in [-0.3, -0.25) is 4.68 Å². The van der Waals surface area contributed by atoms with Crippen molar-refractivity contribution < 1.29 is 18.3 Å². The number of hydrogen-bond donors (Lipinski definition) is 1. The highest BCUT2D eigenvalue weighted by Gasteiger charge is 2.29. The summed E-state index contributed by atoms with van der Waals surface area (Å²) in [6.07, 6.45) is 3.03. The van der Waals surface area contributed by atoms with Crippen LogP contribution in [0.25, 0.3) is 0 Å². The lowest BCUT2D eigenvalue weighted by molar-refractivity contribution is 0.0690. The predicted octanol–water partition coefficient (Wildman–Crippen LogP) is 1.22. The van der Waals surface area contributed by atoms with E-state index in [2.05, 4.69) is 10.3 Å². The molecule has 2 aromatic rings. The molecule has 1 fully saturated rings. The molecular weight excluding hydrogens is 344 g/mol. The van der Waals surface area contributed by atoms with E-state index in [1.165, 1.54) is 15.2 Å². The Labute approximate surface area is 146 Å². The summed E-state index contributed by atoms with van der Waals surface area (Å²) in [5, 5.41) is 16.3. The Hall–Kier alpha value is -2.26. The lowest BCUT2D eigenvalue weighted by Gasteiger charge is -2.31. The van der Waals surface area contributed by atoms with Crippen molar-refractivity contribution in [3.63, 3.8) is 0 Å². The molecule has 2 heterocycles. The van der Waals surface area contributed by atoms with Gasteiger partial charge in [-0.25, -0.2) is 17.5 Å². The largest absolute Gasteiger partial charge is 0.476 e. The van der Waals surface area contributed by atoms with Gasteiger partial charge >= 0.3 is 5.97 Å². The average Bonchev–Trinajstić information content (AvgIpc) is 3.04. The van der Waals surface area contributed by atoms with Crippen molar-refractivity contribution in [1.29, 1.82) is 0 Å². The Morgan fingerprint density at radius 3 is 2.72 bits per heavy atom. The number of carboxylic acids is 1. The summed E-state index contributed by atoms with van der Waals surface area (Å²) in [5.74, 6) is -1.04. The van der Waals surface area contributed by atoms with E-state index in [-0.39, 0.29) is 17.4 Å². The molecule has 0 bridgehead atoms. The van der Waals surface area contributed by atoms with Crippen LogP contribution in [0.5, 0.6) is 0 Å². The lowest BCUT2D eigenvalue weighted by Crippen LogP contribution is -2.41. The summed E-state index contributed by atoms with van der Waals surface area (Å²) in [4.78, 5) is 10.9. The van der Waals surface area contributed by atoms with Gasteiger partial charge in [0.2, 0.25) is 10.0 Å². The SMILES string of the molecule is O=C(O)c1cn(C[C@H]2CCCN(S(=O)(=O)Cc3ccccc3)C2)nn1. The zero-order valence-corrected chi connectivity index (χ0v) is 14.5. The second-order valence-corrected chi connectivity index (χ2v) is 8.21. The van der Waals surface area contributed by atoms with Crippen molar-refractivity contribution in [2.24, 2.45) is 5.92 Å². The van der Waals surface area contributed by atoms with E-state index in [1.807, 2.05) is 30.3 Å². The fraction of sp³-hybridized carbons (Fsp3) is 0.438. The van der Waals surface area contributed by atoms with Crippen LogP contribution >= 0.6 is 0 Å². The van der Waals surface area contributed by atoms with E-state index in [9.17, 15) is 13.2 Å². The highest BCUT2D eigenvalue weighted by Crippen LogP contribution is 2.22. The van der Waals surface area contributed by atoms with Gasteiger partial charge in [0.15, 0.2) is 5.69 Å². The molecule has 9 heteroatoms. The molecule has 134 valence electrons. The second kappa shape index (κ2) is 7.32. The van der Waals surface area contributed by atoms with Crippen molar-refractivity contribution in [3.8, 4) is 0 Å². The minimum Gasteiger partial charge on any atom is -0.476 e. The number of aromatic nitrogens is 3. The third-order valence-electron chi connectivity index (χ3n) is 4.27. The first-order valence-electron chi connectivity index (χ1n) is 8.09. The van der Waals surface area contributed by atoms with Crippen molar-refractivity contribution in [2.75, 3.05) is 13.1 Å². The number of piperidine rings is 1. The van der Waals surface area contributed by atoms with Crippen molar-refractivity contribution in [3.05, 3.63) is 47.8 Å². The maximum absolute atomic E-state index is 12.7. The Kier molecular flexibility index (Phi) is 5.14. The minimum atomic E-state index is -3.38. The number of benzene rings is 1. The van der Waals surface area contributed by atoms with Crippen LogP contribution in [0.3, 0.4) is 0 Å². The fourth-order valence-electron chi connectivity index (χ4n) is 3.05. The highest BCUT2D eigenvalue weighted by atomic mass is 32.2. The van der Waals surface area contributed by atoms with Crippen LogP contribution in [0.2, 0.25) is 0 Å². The molecule has 0 spiro atoms. The van der Waals surface area contributed by atoms with E-state index in [1.54, 1.807) is 0 Å². The minimum absolute atomic E-state index is 0.00690. The topological polar surface area (TPSA) is 105 Å². The van der Waals surface area contributed by atoms with Gasteiger partial charge in [0.05, 0.1) is 11.9 Å². The molecule has 0 unspecified atom stereocenters. The van der Waals surface area contributed by atoms with Gasteiger partial charge in [-0.2, -0.15) is 0 Å². The van der Waals surface area contributed by atoms with Crippen LogP contribution in [0.4, 0.5) is 0 Å². The van der Waals surface area contributed by atoms with Crippen molar-refractivity contribution in [2.45, 2.75) is 25.1 Å². The summed E-state index contributed by atoms with van der Waals surface area (Å²) in [6, 6.07) is 9.13. The fourth-order valence-corrected chi connectivity index (χ4v) is 4.70. The summed E-state index contributed by atoms with van der Waals surface area (Å²) in [6.45, 7) is 1.39. The number of aromatic carboxylic acids is 1. The summed E-state index contributed by atoms with van der Waals surface area (Å²) in [5.41, 5.74) is 0.663. The Bertz CT molecular complexity index is 835. The molecule has 1 aliphatic rings. The first kappa shape index (κ1) is 17.6. The van der Waals surface area contributed by atoms with Crippen LogP contribution < -0.4 is 0 Å². The lowest BCUT2D eigenvalue weighted by atomic mass is 10.00. The van der Waals surface area contributed by atoms with Gasteiger partial charge in [0, 0.05) is 19.6 Å². The number of hydrogen-bond acceptors (Lipinski definition) is 5. The third kappa shape index (κ3) is 4.43. The molecule has 0 radical (unpaired) electrons. The van der Waals surface area contributed by atoms with Crippen molar-refractivity contribution in [1.82, 2.24) is 19.3 Å². The monoisotopic (exact) mass is 364 g/mol. The quantitative estimate of drug-likeness (QED) is 0.826. The number of carbonyl (C=O) groups is 1. The van der Waals surface area contributed by atoms with Crippen LogP contribution in [0.15, 0.2) is 36.5 Å². The standard InChI is InChI=1S/C16H20N4O4S/c21-16(22)15-11-19(18-17-15)9-14-7-4-8-20(10-14)25(23,24)12-13-5-2-1-3-6-13/h1-3,5-6,11,14H,4,7-10,12H2,(H,21,22)/t14-/m1/s1. The molecule has 8 nitrogen and oxygen atoms in total. The number of carboxylic acid groups (broad SMARTS) is 1. The first-order valence-corrected chi connectivity index (χ1v) is 9.70. The highest BCUT2D eigenvalue weighted by molar-refractivity contribution is 7.88. The molecule has 1 N–H and O–H groups in total. The van der Waals surface area contributed by atoms with E-state index < -0.39 is 16.0 Å². The molecule has 1 aromatic carbocycles. The van der Waals surface area contributed by atoms with E-state index in [0.717, 1.165) is 18.4 Å². The first-order chi connectivity index (χ1) is 11.9. The second-order valence-electron chi connectivity index (χ2n) is 6.24. The molecule has 0 saturated carbocycles. The van der Waals surface area contributed by atoms with E-state index in [4.69, 9.17) is 5.11 Å². The smallest absolute Gasteiger partial charge is 0.358 e. The number of sulfonamides is 1. The van der Waals surface area contributed by atoms with Gasteiger partial charge in [-0.1, -0.05) is 35.5 Å². The molecule has 1 aromatic heterocycles. The Morgan fingerprint density at radius 1 is 1.28 bits per heavy atom. The number of rotatable bonds is 6. The Morgan fingerprint density at radius 2 is 2.04 bits per heavy atom. The normalized spacial score (nSPS) is 19.0. The molecule has 3 rings (SSSR count). The zero-order valence-electron chi connectivity index (χ0n) is 13.7. The third-order valence-corrected chi connectivity index (χ3v) is 6.09. The summed E-state index contributed by atoms with van der Waals surface area (Å²) < 4.78 is 28.3. The molecular formula is C16H20N4O4S. The van der Waals surface area contributed by atoms with E-state index >= 15 is 0 Å². The Balaban J connectivity index is 1.64. The summed E-state index contributed by atoms with van der Waals surface area (Å²) >= 11 is 0. The maximum Gasteiger partial charge on any atom is 0.358 e. The molecule has 1 saturated heterocycles. The van der Waals surface area contributed by atoms with Gasteiger partial charge in [-0.15, -0.1) is 5.10 Å². The molecule has 25 heavy (non-hydrogen) atoms. The molecule has 1 aliphatic heterocycles. The number of nitrogens with zero attached hydrogens (tertiary/aromatic N) is 4. The maximum atomic E-state index is 12.7. The molecule has 0 aliphatic carbocycles. The molecule has 0 amide bonds. The van der Waals surface area contributed by atoms with E-state index in [0.29, 0.717) is 19.6 Å². The van der Waals surface area contributed by atoms with Crippen LogP contribution in [0, 0.1) is 5.92 Å². The molecule has 1 atom stereocenters. The van der Waals surface area contributed by atoms with Crippen molar-refractivity contribution >= 4 is 16.0 Å².